The number of carbonyl (C=O) groups is 2. The minimum absolute atomic E-state index is 0.0133. The van der Waals surface area contributed by atoms with Gasteiger partial charge in [0, 0.05) is 11.7 Å². The molecule has 1 fully saturated rings. The molecule has 1 saturated carbocycles. The molecular weight excluding hydrogens is 358 g/mol. The topological polar surface area (TPSA) is 111 Å². The average Bonchev–Trinajstić information content (AvgIpc) is 2.70. The summed E-state index contributed by atoms with van der Waals surface area (Å²) < 4.78 is 5.71. The van der Waals surface area contributed by atoms with Gasteiger partial charge in [-0.15, -0.1) is 0 Å². The van der Waals surface area contributed by atoms with Crippen molar-refractivity contribution in [3.05, 3.63) is 54.1 Å². The Morgan fingerprint density at radius 3 is 2.36 bits per heavy atom. The lowest BCUT2D eigenvalue weighted by Crippen LogP contribution is -2.40. The maximum atomic E-state index is 12.1. The van der Waals surface area contributed by atoms with Crippen molar-refractivity contribution < 1.29 is 19.4 Å². The lowest BCUT2D eigenvalue weighted by Gasteiger charge is -2.26. The van der Waals surface area contributed by atoms with E-state index in [4.69, 9.17) is 15.1 Å². The van der Waals surface area contributed by atoms with Crippen LogP contribution in [0, 0.1) is 17.2 Å². The standard InChI is InChI=1S/C21H21N3O4/c22-13-15-3-1-2-4-19(15)28-18-11-9-17(10-12-18)24-21(27)23-16-7-5-14(6-8-16)20(25)26/h1-4,9-12,14,16H,5-8H2,(H,25,26)(H2,23,24,27). The number of carbonyl (C=O) groups excluding carboxylic acids is 1. The van der Waals surface area contributed by atoms with E-state index in [2.05, 4.69) is 16.7 Å². The smallest absolute Gasteiger partial charge is 0.319 e. The number of nitrogens with one attached hydrogen (secondary N) is 2. The first kappa shape index (κ1) is 19.2. The summed E-state index contributed by atoms with van der Waals surface area (Å²) in [6.07, 6.45) is 2.48. The third-order valence-electron chi connectivity index (χ3n) is 4.76. The molecule has 3 N–H and O–H groups in total. The third-order valence-corrected chi connectivity index (χ3v) is 4.76. The van der Waals surface area contributed by atoms with Gasteiger partial charge in [0.05, 0.1) is 11.5 Å². The van der Waals surface area contributed by atoms with Gasteiger partial charge < -0.3 is 20.5 Å². The minimum atomic E-state index is -0.761. The Labute approximate surface area is 162 Å². The normalized spacial score (nSPS) is 18.5. The summed E-state index contributed by atoms with van der Waals surface area (Å²) in [6, 6.07) is 15.6. The summed E-state index contributed by atoms with van der Waals surface area (Å²) in [4.78, 5) is 23.1. The number of amides is 2. The number of hydrogen-bond donors (Lipinski definition) is 3. The maximum absolute atomic E-state index is 12.1. The molecule has 0 bridgehead atoms. The fraction of sp³-hybridized carbons (Fsp3) is 0.286. The fourth-order valence-electron chi connectivity index (χ4n) is 3.22. The molecule has 1 aliphatic rings. The highest BCUT2D eigenvalue weighted by molar-refractivity contribution is 5.89. The summed E-state index contributed by atoms with van der Waals surface area (Å²) in [5.41, 5.74) is 1.05. The van der Waals surface area contributed by atoms with Crippen LogP contribution in [0.25, 0.3) is 0 Å². The second-order valence-corrected chi connectivity index (χ2v) is 6.72. The summed E-state index contributed by atoms with van der Waals surface area (Å²) in [6.45, 7) is 0. The van der Waals surface area contributed by atoms with E-state index in [0.29, 0.717) is 48.4 Å². The van der Waals surface area contributed by atoms with Gasteiger partial charge in [-0.1, -0.05) is 12.1 Å². The summed E-state index contributed by atoms with van der Waals surface area (Å²) in [7, 11) is 0. The number of ether oxygens (including phenoxy) is 1. The van der Waals surface area contributed by atoms with E-state index in [-0.39, 0.29) is 18.0 Å². The van der Waals surface area contributed by atoms with Gasteiger partial charge in [-0.2, -0.15) is 5.26 Å². The van der Waals surface area contributed by atoms with Crippen molar-refractivity contribution in [1.29, 1.82) is 5.26 Å². The first-order chi connectivity index (χ1) is 13.5. The molecule has 28 heavy (non-hydrogen) atoms. The molecule has 3 rings (SSSR count). The van der Waals surface area contributed by atoms with Gasteiger partial charge in [0.25, 0.3) is 0 Å². The van der Waals surface area contributed by atoms with Crippen LogP contribution in [0.3, 0.4) is 0 Å². The van der Waals surface area contributed by atoms with Crippen LogP contribution in [0.1, 0.15) is 31.2 Å². The zero-order valence-electron chi connectivity index (χ0n) is 15.2. The first-order valence-corrected chi connectivity index (χ1v) is 9.12. The van der Waals surface area contributed by atoms with Crippen molar-refractivity contribution in [3.63, 3.8) is 0 Å². The molecule has 7 nitrogen and oxygen atoms in total. The van der Waals surface area contributed by atoms with Gasteiger partial charge in [0.1, 0.15) is 17.6 Å². The van der Waals surface area contributed by atoms with Gasteiger partial charge in [0.15, 0.2) is 0 Å². The van der Waals surface area contributed by atoms with E-state index in [9.17, 15) is 9.59 Å². The second-order valence-electron chi connectivity index (χ2n) is 6.72. The van der Waals surface area contributed by atoms with E-state index in [1.165, 1.54) is 0 Å². The number of nitriles is 1. The molecule has 0 atom stereocenters. The van der Waals surface area contributed by atoms with E-state index in [0.717, 1.165) is 0 Å². The molecule has 0 heterocycles. The van der Waals surface area contributed by atoms with Crippen LogP contribution in [0.4, 0.5) is 10.5 Å². The largest absolute Gasteiger partial charge is 0.481 e. The number of benzene rings is 2. The highest BCUT2D eigenvalue weighted by atomic mass is 16.5. The van der Waals surface area contributed by atoms with Crippen LogP contribution in [0.5, 0.6) is 11.5 Å². The molecule has 0 aliphatic heterocycles. The van der Waals surface area contributed by atoms with Crippen molar-refractivity contribution in [2.75, 3.05) is 5.32 Å². The maximum Gasteiger partial charge on any atom is 0.319 e. The molecule has 2 amide bonds. The number of aliphatic carboxylic acids is 1. The first-order valence-electron chi connectivity index (χ1n) is 9.12. The van der Waals surface area contributed by atoms with Crippen molar-refractivity contribution in [2.45, 2.75) is 31.7 Å². The molecule has 7 heteroatoms. The van der Waals surface area contributed by atoms with Crippen molar-refractivity contribution in [3.8, 4) is 17.6 Å². The van der Waals surface area contributed by atoms with Crippen LogP contribution < -0.4 is 15.4 Å². The lowest BCUT2D eigenvalue weighted by molar-refractivity contribution is -0.142. The summed E-state index contributed by atoms with van der Waals surface area (Å²) >= 11 is 0. The predicted octanol–water partition coefficient (Wildman–Crippen LogP) is 4.12. The van der Waals surface area contributed by atoms with Crippen molar-refractivity contribution in [2.24, 2.45) is 5.92 Å². The highest BCUT2D eigenvalue weighted by Crippen LogP contribution is 2.26. The molecule has 0 unspecified atom stereocenters. The SMILES string of the molecule is N#Cc1ccccc1Oc1ccc(NC(=O)NC2CCC(C(=O)O)CC2)cc1. The zero-order valence-corrected chi connectivity index (χ0v) is 15.2. The monoisotopic (exact) mass is 379 g/mol. The van der Waals surface area contributed by atoms with Crippen LogP contribution in [-0.2, 0) is 4.79 Å². The summed E-state index contributed by atoms with van der Waals surface area (Å²) in [5, 5.41) is 23.8. The third kappa shape index (κ3) is 5.01. The van der Waals surface area contributed by atoms with E-state index >= 15 is 0 Å². The molecule has 0 spiro atoms. The lowest BCUT2D eigenvalue weighted by atomic mass is 9.86. The van der Waals surface area contributed by atoms with Crippen LogP contribution in [0.15, 0.2) is 48.5 Å². The number of urea groups is 1. The Morgan fingerprint density at radius 1 is 1.04 bits per heavy atom. The molecule has 1 aliphatic carbocycles. The summed E-state index contributed by atoms with van der Waals surface area (Å²) in [5.74, 6) is -0.0384. The Hall–Kier alpha value is -3.53. The number of nitrogens with zero attached hydrogens (tertiary/aromatic N) is 1. The Bertz CT molecular complexity index is 881. The van der Waals surface area contributed by atoms with E-state index < -0.39 is 5.97 Å². The molecule has 144 valence electrons. The predicted molar refractivity (Wildman–Crippen MR) is 103 cm³/mol. The van der Waals surface area contributed by atoms with Gasteiger partial charge in [-0.25, -0.2) is 4.79 Å². The van der Waals surface area contributed by atoms with Gasteiger partial charge in [-0.05, 0) is 62.1 Å². The highest BCUT2D eigenvalue weighted by Gasteiger charge is 2.26. The fourth-order valence-corrected chi connectivity index (χ4v) is 3.22. The second kappa shape index (κ2) is 8.91. The minimum Gasteiger partial charge on any atom is -0.481 e. The number of anilines is 1. The molecule has 0 radical (unpaired) electrons. The number of carboxylic acids is 1. The van der Waals surface area contributed by atoms with Gasteiger partial charge in [0.2, 0.25) is 0 Å². The van der Waals surface area contributed by atoms with Crippen molar-refractivity contribution >= 4 is 17.7 Å². The van der Waals surface area contributed by atoms with Gasteiger partial charge >= 0.3 is 12.0 Å². The van der Waals surface area contributed by atoms with Crippen LogP contribution >= 0.6 is 0 Å². The van der Waals surface area contributed by atoms with Crippen LogP contribution in [-0.4, -0.2) is 23.1 Å². The molecule has 2 aromatic rings. The number of para-hydroxylation sites is 1. The average molecular weight is 379 g/mol. The van der Waals surface area contributed by atoms with Gasteiger partial charge in [-0.3, -0.25) is 4.79 Å². The Morgan fingerprint density at radius 2 is 1.71 bits per heavy atom. The Kier molecular flexibility index (Phi) is 6.12. The van der Waals surface area contributed by atoms with Crippen LogP contribution in [0.2, 0.25) is 0 Å². The molecule has 0 aromatic heterocycles. The number of rotatable bonds is 5. The molecule has 0 saturated heterocycles. The quantitative estimate of drug-likeness (QED) is 0.724. The van der Waals surface area contributed by atoms with Crippen molar-refractivity contribution in [1.82, 2.24) is 5.32 Å². The number of carboxylic acid groups (broad SMARTS) is 1. The number of hydrogen-bond acceptors (Lipinski definition) is 4. The zero-order chi connectivity index (χ0) is 19.9. The van der Waals surface area contributed by atoms with E-state index in [1.807, 2.05) is 0 Å². The Balaban J connectivity index is 1.51. The molecule has 2 aromatic carbocycles. The van der Waals surface area contributed by atoms with E-state index in [1.54, 1.807) is 48.5 Å². The molecular formula is C21H21N3O4.